The lowest BCUT2D eigenvalue weighted by Gasteiger charge is -2.34. The summed E-state index contributed by atoms with van der Waals surface area (Å²) in [7, 11) is -0.430. The predicted molar refractivity (Wildman–Crippen MR) is 174 cm³/mol. The number of fused-ring (bicyclic) bond motifs is 6. The molecule has 0 saturated carbocycles. The van der Waals surface area contributed by atoms with Crippen molar-refractivity contribution in [1.82, 2.24) is 0 Å². The molecule has 6 aromatic rings. The summed E-state index contributed by atoms with van der Waals surface area (Å²) in [5, 5.41) is 5.07. The molecule has 1 saturated heterocycles. The molecular weight excluding hydrogens is 511 g/mol. The van der Waals surface area contributed by atoms with Gasteiger partial charge < -0.3 is 9.31 Å². The standard InChI is InChI=1S/C39H33BO2/c1-37(2)38(3,4)42-40(41-37)30-21-23-34-33-16-10-11-17-35(33)39(36(34)25-30,28-13-6-5-7-14-28)29-20-22-32-27(24-29)19-18-26-12-8-9-15-31(26)32/h5-25H,1-4H3. The minimum absolute atomic E-state index is 0.405. The second kappa shape index (κ2) is 8.91. The highest BCUT2D eigenvalue weighted by atomic mass is 16.7. The van der Waals surface area contributed by atoms with Crippen LogP contribution in [-0.4, -0.2) is 18.3 Å². The van der Waals surface area contributed by atoms with E-state index in [1.54, 1.807) is 0 Å². The summed E-state index contributed by atoms with van der Waals surface area (Å²) in [5.41, 5.74) is 7.35. The summed E-state index contributed by atoms with van der Waals surface area (Å²) in [6.45, 7) is 8.46. The lowest BCUT2D eigenvalue weighted by Crippen LogP contribution is -2.41. The van der Waals surface area contributed by atoms with Crippen molar-refractivity contribution in [3.8, 4) is 11.1 Å². The van der Waals surface area contributed by atoms with Crippen molar-refractivity contribution >= 4 is 34.1 Å². The van der Waals surface area contributed by atoms with Gasteiger partial charge in [-0.1, -0.05) is 121 Å². The van der Waals surface area contributed by atoms with Gasteiger partial charge in [-0.25, -0.2) is 0 Å². The minimum atomic E-state index is -0.493. The van der Waals surface area contributed by atoms with Crippen LogP contribution in [0.1, 0.15) is 49.9 Å². The van der Waals surface area contributed by atoms with Gasteiger partial charge in [0, 0.05) is 0 Å². The summed E-state index contributed by atoms with van der Waals surface area (Å²) in [5.74, 6) is 0. The molecule has 1 unspecified atom stereocenters. The Morgan fingerprint density at radius 3 is 1.93 bits per heavy atom. The number of benzene rings is 6. The monoisotopic (exact) mass is 544 g/mol. The molecule has 2 aliphatic rings. The van der Waals surface area contributed by atoms with Crippen molar-refractivity contribution in [3.63, 3.8) is 0 Å². The molecule has 42 heavy (non-hydrogen) atoms. The first-order valence-corrected chi connectivity index (χ1v) is 14.9. The zero-order chi connectivity index (χ0) is 28.7. The molecule has 1 atom stereocenters. The summed E-state index contributed by atoms with van der Waals surface area (Å²) < 4.78 is 13.1. The van der Waals surface area contributed by atoms with Crippen molar-refractivity contribution in [3.05, 3.63) is 150 Å². The van der Waals surface area contributed by atoms with Crippen molar-refractivity contribution in [2.75, 3.05) is 0 Å². The van der Waals surface area contributed by atoms with Gasteiger partial charge in [-0.3, -0.25) is 0 Å². The molecule has 6 aromatic carbocycles. The summed E-state index contributed by atoms with van der Waals surface area (Å²) in [6.07, 6.45) is 0. The maximum atomic E-state index is 6.54. The van der Waals surface area contributed by atoms with Gasteiger partial charge >= 0.3 is 7.12 Å². The Bertz CT molecular complexity index is 1990. The predicted octanol–water partition coefficient (Wildman–Crippen LogP) is 8.66. The molecule has 1 aliphatic carbocycles. The van der Waals surface area contributed by atoms with E-state index in [-0.39, 0.29) is 0 Å². The SMILES string of the molecule is CC1(C)OB(c2ccc3c(c2)C(c2ccccc2)(c2ccc4c(ccc5ccccc54)c2)c2ccccc2-3)OC1(C)C. The van der Waals surface area contributed by atoms with Gasteiger partial charge in [-0.2, -0.15) is 0 Å². The zero-order valence-corrected chi connectivity index (χ0v) is 24.5. The second-order valence-electron chi connectivity index (χ2n) is 12.8. The minimum Gasteiger partial charge on any atom is -0.399 e. The third-order valence-corrected chi connectivity index (χ3v) is 9.98. The molecule has 8 rings (SSSR count). The first kappa shape index (κ1) is 25.5. The third-order valence-electron chi connectivity index (χ3n) is 9.98. The fourth-order valence-corrected chi connectivity index (χ4v) is 7.15. The molecule has 1 fully saturated rings. The number of rotatable bonds is 3. The zero-order valence-electron chi connectivity index (χ0n) is 24.5. The van der Waals surface area contributed by atoms with Crippen molar-refractivity contribution in [2.24, 2.45) is 0 Å². The maximum Gasteiger partial charge on any atom is 0.494 e. The van der Waals surface area contributed by atoms with Crippen LogP contribution in [0.15, 0.2) is 127 Å². The molecule has 0 spiro atoms. The Hall–Kier alpha value is -4.18. The van der Waals surface area contributed by atoms with E-state index in [0.29, 0.717) is 0 Å². The van der Waals surface area contributed by atoms with Crippen molar-refractivity contribution in [1.29, 1.82) is 0 Å². The van der Waals surface area contributed by atoms with E-state index in [0.717, 1.165) is 5.46 Å². The summed E-state index contributed by atoms with van der Waals surface area (Å²) in [4.78, 5) is 0. The number of hydrogen-bond donors (Lipinski definition) is 0. The van der Waals surface area contributed by atoms with Crippen molar-refractivity contribution < 1.29 is 9.31 Å². The van der Waals surface area contributed by atoms with Crippen LogP contribution in [0.2, 0.25) is 0 Å². The Balaban J connectivity index is 1.42. The molecule has 0 amide bonds. The summed E-state index contributed by atoms with van der Waals surface area (Å²) in [6, 6.07) is 46.9. The fraction of sp³-hybridized carbons (Fsp3) is 0.179. The Kier molecular flexibility index (Phi) is 5.42. The highest BCUT2D eigenvalue weighted by Gasteiger charge is 2.53. The van der Waals surface area contributed by atoms with Crippen LogP contribution in [-0.2, 0) is 14.7 Å². The van der Waals surface area contributed by atoms with Crippen LogP contribution < -0.4 is 5.46 Å². The largest absolute Gasteiger partial charge is 0.494 e. The van der Waals surface area contributed by atoms with Gasteiger partial charge in [0.15, 0.2) is 0 Å². The fourth-order valence-electron chi connectivity index (χ4n) is 7.15. The highest BCUT2D eigenvalue weighted by Crippen LogP contribution is 2.56. The molecule has 0 N–H and O–H groups in total. The van der Waals surface area contributed by atoms with E-state index < -0.39 is 23.7 Å². The van der Waals surface area contributed by atoms with E-state index in [1.807, 2.05) is 0 Å². The Labute approximate surface area is 248 Å². The van der Waals surface area contributed by atoms with Crippen molar-refractivity contribution in [2.45, 2.75) is 44.3 Å². The average Bonchev–Trinajstić information content (AvgIpc) is 3.43. The molecule has 1 heterocycles. The highest BCUT2D eigenvalue weighted by molar-refractivity contribution is 6.62. The molecule has 204 valence electrons. The first-order chi connectivity index (χ1) is 20.3. The summed E-state index contributed by atoms with van der Waals surface area (Å²) >= 11 is 0. The van der Waals surface area contributed by atoms with E-state index in [9.17, 15) is 0 Å². The Morgan fingerprint density at radius 1 is 0.476 bits per heavy atom. The van der Waals surface area contributed by atoms with Crippen LogP contribution in [0.3, 0.4) is 0 Å². The molecule has 0 bridgehead atoms. The van der Waals surface area contributed by atoms with Gasteiger partial charge in [-0.15, -0.1) is 0 Å². The van der Waals surface area contributed by atoms with E-state index >= 15 is 0 Å². The molecular formula is C39H33BO2. The quantitative estimate of drug-likeness (QED) is 0.164. The second-order valence-corrected chi connectivity index (χ2v) is 12.8. The van der Waals surface area contributed by atoms with Gasteiger partial charge in [0.25, 0.3) is 0 Å². The van der Waals surface area contributed by atoms with Crippen LogP contribution in [0.4, 0.5) is 0 Å². The molecule has 2 nitrogen and oxygen atoms in total. The van der Waals surface area contributed by atoms with E-state index in [2.05, 4.69) is 155 Å². The van der Waals surface area contributed by atoms with Crippen LogP contribution >= 0.6 is 0 Å². The average molecular weight is 545 g/mol. The normalized spacial score (nSPS) is 20.1. The van der Waals surface area contributed by atoms with Gasteiger partial charge in [0.05, 0.1) is 16.6 Å². The molecule has 3 heteroatoms. The van der Waals surface area contributed by atoms with Gasteiger partial charge in [0.2, 0.25) is 0 Å². The number of hydrogen-bond acceptors (Lipinski definition) is 2. The topological polar surface area (TPSA) is 18.5 Å². The first-order valence-electron chi connectivity index (χ1n) is 14.9. The maximum absolute atomic E-state index is 6.54. The van der Waals surface area contributed by atoms with Gasteiger partial charge in [-0.05, 0) is 94.1 Å². The lowest BCUT2D eigenvalue weighted by molar-refractivity contribution is 0.00578. The Morgan fingerprint density at radius 2 is 1.12 bits per heavy atom. The van der Waals surface area contributed by atoms with E-state index in [4.69, 9.17) is 9.31 Å². The van der Waals surface area contributed by atoms with E-state index in [1.165, 1.54) is 54.9 Å². The van der Waals surface area contributed by atoms with Crippen LogP contribution in [0.25, 0.3) is 32.7 Å². The molecule has 0 radical (unpaired) electrons. The van der Waals surface area contributed by atoms with Crippen LogP contribution in [0.5, 0.6) is 0 Å². The lowest BCUT2D eigenvalue weighted by atomic mass is 9.66. The molecule has 1 aliphatic heterocycles. The third kappa shape index (κ3) is 3.47. The smallest absolute Gasteiger partial charge is 0.399 e. The van der Waals surface area contributed by atoms with Crippen LogP contribution in [0, 0.1) is 0 Å². The van der Waals surface area contributed by atoms with Gasteiger partial charge in [0.1, 0.15) is 0 Å². The molecule has 0 aromatic heterocycles.